The molecular formula is C10H21NO. The number of likely N-dealkylation sites (N-methyl/N-ethyl adjacent to an activating group) is 1. The molecule has 0 saturated carbocycles. The molecule has 0 heterocycles. The lowest BCUT2D eigenvalue weighted by Gasteiger charge is -2.23. The monoisotopic (exact) mass is 171 g/mol. The third kappa shape index (κ3) is 3.88. The van der Waals surface area contributed by atoms with Gasteiger partial charge in [0, 0.05) is 7.11 Å². The molecule has 0 aliphatic rings. The first-order valence-electron chi connectivity index (χ1n) is 4.68. The second kappa shape index (κ2) is 7.32. The average Bonchev–Trinajstić information content (AvgIpc) is 2.11. The van der Waals surface area contributed by atoms with Gasteiger partial charge in [0.05, 0.1) is 12.1 Å². The molecule has 0 aromatic rings. The molecule has 2 unspecified atom stereocenters. The van der Waals surface area contributed by atoms with Gasteiger partial charge in [-0.1, -0.05) is 26.3 Å². The lowest BCUT2D eigenvalue weighted by Crippen LogP contribution is -2.39. The summed E-state index contributed by atoms with van der Waals surface area (Å²) in [6.07, 6.45) is 4.43. The summed E-state index contributed by atoms with van der Waals surface area (Å²) < 4.78 is 5.36. The topological polar surface area (TPSA) is 21.3 Å². The van der Waals surface area contributed by atoms with Crippen LogP contribution in [-0.2, 0) is 4.74 Å². The van der Waals surface area contributed by atoms with E-state index >= 15 is 0 Å². The van der Waals surface area contributed by atoms with E-state index in [4.69, 9.17) is 4.74 Å². The van der Waals surface area contributed by atoms with Crippen molar-refractivity contribution in [3.05, 3.63) is 12.7 Å². The van der Waals surface area contributed by atoms with Crippen LogP contribution >= 0.6 is 0 Å². The molecule has 0 amide bonds. The van der Waals surface area contributed by atoms with Crippen molar-refractivity contribution >= 4 is 0 Å². The normalized spacial score (nSPS) is 15.6. The van der Waals surface area contributed by atoms with Gasteiger partial charge in [0.15, 0.2) is 0 Å². The predicted molar refractivity (Wildman–Crippen MR) is 53.4 cm³/mol. The van der Waals surface area contributed by atoms with Crippen molar-refractivity contribution < 1.29 is 4.74 Å². The van der Waals surface area contributed by atoms with E-state index < -0.39 is 0 Å². The van der Waals surface area contributed by atoms with Crippen LogP contribution in [0.2, 0.25) is 0 Å². The maximum absolute atomic E-state index is 5.36. The molecule has 0 aliphatic heterocycles. The maximum atomic E-state index is 5.36. The van der Waals surface area contributed by atoms with E-state index in [2.05, 4.69) is 25.7 Å². The first-order valence-corrected chi connectivity index (χ1v) is 4.68. The molecule has 2 heteroatoms. The van der Waals surface area contributed by atoms with E-state index in [-0.39, 0.29) is 6.10 Å². The molecule has 0 aromatic carbocycles. The highest BCUT2D eigenvalue weighted by Crippen LogP contribution is 2.06. The average molecular weight is 171 g/mol. The molecule has 72 valence electrons. The second-order valence-corrected chi connectivity index (χ2v) is 2.88. The molecule has 0 aliphatic carbocycles. The number of methoxy groups -OCH3 is 1. The molecule has 1 N–H and O–H groups in total. The molecule has 2 nitrogen and oxygen atoms in total. The van der Waals surface area contributed by atoms with E-state index in [1.807, 2.05) is 6.08 Å². The lowest BCUT2D eigenvalue weighted by atomic mass is 10.1. The van der Waals surface area contributed by atoms with Gasteiger partial charge in [-0.15, -0.1) is 6.58 Å². The fourth-order valence-electron chi connectivity index (χ4n) is 1.33. The van der Waals surface area contributed by atoms with Gasteiger partial charge in [-0.3, -0.25) is 0 Å². The predicted octanol–water partition coefficient (Wildman–Crippen LogP) is 1.97. The van der Waals surface area contributed by atoms with Crippen LogP contribution in [0.5, 0.6) is 0 Å². The fraction of sp³-hybridized carbons (Fsp3) is 0.800. The van der Waals surface area contributed by atoms with Crippen LogP contribution in [-0.4, -0.2) is 25.8 Å². The van der Waals surface area contributed by atoms with Crippen LogP contribution in [0.4, 0.5) is 0 Å². The molecular weight excluding hydrogens is 150 g/mol. The maximum Gasteiger partial charge on any atom is 0.0759 e. The van der Waals surface area contributed by atoms with Gasteiger partial charge in [0.1, 0.15) is 0 Å². The highest BCUT2D eigenvalue weighted by atomic mass is 16.5. The highest BCUT2D eigenvalue weighted by molar-refractivity contribution is 4.91. The number of nitrogens with one attached hydrogen (secondary N) is 1. The Labute approximate surface area is 76.0 Å². The van der Waals surface area contributed by atoms with Crippen LogP contribution < -0.4 is 5.32 Å². The van der Waals surface area contributed by atoms with E-state index in [1.54, 1.807) is 7.11 Å². The summed E-state index contributed by atoms with van der Waals surface area (Å²) in [5.74, 6) is 0. The molecule has 2 atom stereocenters. The minimum Gasteiger partial charge on any atom is -0.380 e. The van der Waals surface area contributed by atoms with Crippen LogP contribution in [0.3, 0.4) is 0 Å². The summed E-state index contributed by atoms with van der Waals surface area (Å²) >= 11 is 0. The minimum atomic E-state index is 0.271. The summed E-state index contributed by atoms with van der Waals surface area (Å²) in [6.45, 7) is 9.00. The SMILES string of the molecule is C=CC(NCC)C(CCC)OC. The summed E-state index contributed by atoms with van der Waals surface area (Å²) in [4.78, 5) is 0. The third-order valence-corrected chi connectivity index (χ3v) is 1.97. The van der Waals surface area contributed by atoms with E-state index in [0.29, 0.717) is 6.04 Å². The van der Waals surface area contributed by atoms with Gasteiger partial charge >= 0.3 is 0 Å². The van der Waals surface area contributed by atoms with E-state index in [1.165, 1.54) is 0 Å². The Balaban J connectivity index is 3.92. The van der Waals surface area contributed by atoms with Crippen molar-refractivity contribution in [3.8, 4) is 0 Å². The Bertz CT molecular complexity index is 114. The molecule has 0 aromatic heterocycles. The molecule has 0 saturated heterocycles. The Kier molecular flexibility index (Phi) is 7.11. The molecule has 0 rings (SSSR count). The Hall–Kier alpha value is -0.340. The van der Waals surface area contributed by atoms with Crippen LogP contribution in [0.15, 0.2) is 12.7 Å². The van der Waals surface area contributed by atoms with Gasteiger partial charge in [-0.25, -0.2) is 0 Å². The third-order valence-electron chi connectivity index (χ3n) is 1.97. The number of hydrogen-bond donors (Lipinski definition) is 1. The first-order chi connectivity index (χ1) is 5.79. The molecule has 12 heavy (non-hydrogen) atoms. The number of hydrogen-bond acceptors (Lipinski definition) is 2. The second-order valence-electron chi connectivity index (χ2n) is 2.88. The summed E-state index contributed by atoms with van der Waals surface area (Å²) in [5, 5.41) is 3.33. The van der Waals surface area contributed by atoms with Crippen LogP contribution in [0.1, 0.15) is 26.7 Å². The van der Waals surface area contributed by atoms with Gasteiger partial charge in [-0.05, 0) is 13.0 Å². The van der Waals surface area contributed by atoms with Crippen molar-refractivity contribution in [1.29, 1.82) is 0 Å². The van der Waals surface area contributed by atoms with Gasteiger partial charge < -0.3 is 10.1 Å². The van der Waals surface area contributed by atoms with Crippen molar-refractivity contribution in [1.82, 2.24) is 5.32 Å². The van der Waals surface area contributed by atoms with Crippen molar-refractivity contribution in [2.24, 2.45) is 0 Å². The summed E-state index contributed by atoms with van der Waals surface area (Å²) in [5.41, 5.74) is 0. The zero-order chi connectivity index (χ0) is 9.40. The Morgan fingerprint density at radius 2 is 2.17 bits per heavy atom. The highest BCUT2D eigenvalue weighted by Gasteiger charge is 2.15. The Morgan fingerprint density at radius 3 is 2.50 bits per heavy atom. The van der Waals surface area contributed by atoms with Gasteiger partial charge in [0.2, 0.25) is 0 Å². The largest absolute Gasteiger partial charge is 0.380 e. The minimum absolute atomic E-state index is 0.271. The quantitative estimate of drug-likeness (QED) is 0.591. The molecule has 0 bridgehead atoms. The van der Waals surface area contributed by atoms with Crippen LogP contribution in [0, 0.1) is 0 Å². The van der Waals surface area contributed by atoms with E-state index in [9.17, 15) is 0 Å². The zero-order valence-electron chi connectivity index (χ0n) is 8.47. The zero-order valence-corrected chi connectivity index (χ0v) is 8.47. The fourth-order valence-corrected chi connectivity index (χ4v) is 1.33. The van der Waals surface area contributed by atoms with Gasteiger partial charge in [0.25, 0.3) is 0 Å². The van der Waals surface area contributed by atoms with Crippen molar-refractivity contribution in [3.63, 3.8) is 0 Å². The van der Waals surface area contributed by atoms with Crippen LogP contribution in [0.25, 0.3) is 0 Å². The summed E-state index contributed by atoms with van der Waals surface area (Å²) in [6, 6.07) is 0.292. The van der Waals surface area contributed by atoms with Gasteiger partial charge in [-0.2, -0.15) is 0 Å². The van der Waals surface area contributed by atoms with Crippen molar-refractivity contribution in [2.75, 3.05) is 13.7 Å². The van der Waals surface area contributed by atoms with Crippen molar-refractivity contribution in [2.45, 2.75) is 38.8 Å². The lowest BCUT2D eigenvalue weighted by molar-refractivity contribution is 0.0749. The first kappa shape index (κ1) is 11.7. The smallest absolute Gasteiger partial charge is 0.0759 e. The molecule has 0 spiro atoms. The standard InChI is InChI=1S/C10H21NO/c1-5-8-10(12-4)9(6-2)11-7-3/h6,9-11H,2,5,7-8H2,1,3-4H3. The number of ether oxygens (including phenoxy) is 1. The molecule has 0 radical (unpaired) electrons. The molecule has 0 fully saturated rings. The Morgan fingerprint density at radius 1 is 1.50 bits per heavy atom. The van der Waals surface area contributed by atoms with E-state index in [0.717, 1.165) is 19.4 Å². The number of rotatable bonds is 7. The summed E-state index contributed by atoms with van der Waals surface area (Å²) in [7, 11) is 1.76.